The molecular weight excluding hydrogens is 304 g/mol. The second-order valence-corrected chi connectivity index (χ2v) is 6.81. The molecule has 0 amide bonds. The Morgan fingerprint density at radius 2 is 2.05 bits per heavy atom. The van der Waals surface area contributed by atoms with Gasteiger partial charge in [0.15, 0.2) is 16.9 Å². The van der Waals surface area contributed by atoms with Crippen molar-refractivity contribution in [1.29, 1.82) is 0 Å². The van der Waals surface area contributed by atoms with Crippen molar-refractivity contribution in [3.8, 4) is 0 Å². The molecule has 0 spiro atoms. The van der Waals surface area contributed by atoms with Crippen molar-refractivity contribution in [1.82, 2.24) is 23.4 Å². The highest BCUT2D eigenvalue weighted by Gasteiger charge is 2.24. The molecular formula is C9H11N6O3S2+. The van der Waals surface area contributed by atoms with Gasteiger partial charge in [0, 0.05) is 4.43 Å². The van der Waals surface area contributed by atoms with E-state index in [1.165, 1.54) is 40.5 Å². The van der Waals surface area contributed by atoms with Crippen molar-refractivity contribution in [3.05, 3.63) is 17.3 Å². The zero-order chi connectivity index (χ0) is 14.7. The minimum atomic E-state index is -3.53. The van der Waals surface area contributed by atoms with Gasteiger partial charge in [0.1, 0.15) is 6.20 Å². The average Bonchev–Trinajstić information content (AvgIpc) is 2.89. The van der Waals surface area contributed by atoms with Crippen LogP contribution in [0.5, 0.6) is 0 Å². The largest absolute Gasteiger partial charge is 0.372 e. The summed E-state index contributed by atoms with van der Waals surface area (Å²) < 4.78 is 26.4. The number of fused-ring (bicyclic) bond motifs is 3. The van der Waals surface area contributed by atoms with Crippen LogP contribution in [0.4, 0.5) is 0 Å². The first kappa shape index (κ1) is 13.1. The van der Waals surface area contributed by atoms with Gasteiger partial charge in [0.25, 0.3) is 15.7 Å². The number of thioether (sulfide) groups is 1. The molecule has 3 heterocycles. The first-order valence-electron chi connectivity index (χ1n) is 5.48. The summed E-state index contributed by atoms with van der Waals surface area (Å²) in [5.74, 6) is 0. The number of hydrogen-bond donors (Lipinski definition) is 0. The smallest absolute Gasteiger partial charge is 0.213 e. The average molecular weight is 315 g/mol. The van der Waals surface area contributed by atoms with E-state index in [2.05, 4.69) is 9.97 Å². The van der Waals surface area contributed by atoms with Gasteiger partial charge in [-0.05, 0) is 6.26 Å². The fraction of sp³-hybridized carbons (Fsp3) is 0.333. The Hall–Kier alpha value is -1.88. The molecule has 0 aliphatic carbocycles. The Balaban J connectivity index is 2.58. The number of aryl methyl sites for hydroxylation is 1. The maximum absolute atomic E-state index is 12.0. The summed E-state index contributed by atoms with van der Waals surface area (Å²) in [5.41, 5.74) is 0.989. The van der Waals surface area contributed by atoms with E-state index in [-0.39, 0.29) is 5.65 Å². The van der Waals surface area contributed by atoms with Crippen molar-refractivity contribution in [2.75, 3.05) is 12.5 Å². The van der Waals surface area contributed by atoms with E-state index in [0.717, 1.165) is 10.3 Å². The number of aromatic nitrogens is 6. The molecule has 0 aliphatic rings. The van der Waals surface area contributed by atoms with Gasteiger partial charge in [0.2, 0.25) is 0 Å². The van der Waals surface area contributed by atoms with Crippen molar-refractivity contribution in [2.45, 2.75) is 5.16 Å². The van der Waals surface area contributed by atoms with Crippen molar-refractivity contribution < 1.29 is 12.8 Å². The maximum atomic E-state index is 12.0. The van der Waals surface area contributed by atoms with Crippen LogP contribution in [0.3, 0.4) is 0 Å². The van der Waals surface area contributed by atoms with E-state index in [1.807, 2.05) is 6.26 Å². The van der Waals surface area contributed by atoms with Gasteiger partial charge < -0.3 is 0 Å². The van der Waals surface area contributed by atoms with Crippen LogP contribution in [-0.2, 0) is 17.1 Å². The molecule has 0 saturated carbocycles. The maximum Gasteiger partial charge on any atom is 0.372 e. The molecule has 0 saturated heterocycles. The zero-order valence-electron chi connectivity index (χ0n) is 10.9. The molecule has 0 fully saturated rings. The molecule has 3 rings (SSSR count). The zero-order valence-corrected chi connectivity index (χ0v) is 12.5. The first-order chi connectivity index (χ1) is 9.32. The van der Waals surface area contributed by atoms with Crippen LogP contribution in [-0.4, -0.2) is 44.3 Å². The van der Waals surface area contributed by atoms with Gasteiger partial charge in [-0.2, -0.15) is 4.98 Å². The van der Waals surface area contributed by atoms with E-state index in [1.54, 1.807) is 0 Å². The molecule has 0 aliphatic heterocycles. The van der Waals surface area contributed by atoms with Gasteiger partial charge in [-0.25, -0.2) is 13.4 Å². The minimum absolute atomic E-state index is 0.151. The van der Waals surface area contributed by atoms with Crippen LogP contribution in [0.1, 0.15) is 0 Å². The highest BCUT2D eigenvalue weighted by molar-refractivity contribution is 7.98. The summed E-state index contributed by atoms with van der Waals surface area (Å²) in [6, 6.07) is 0. The van der Waals surface area contributed by atoms with Crippen LogP contribution < -0.4 is 4.43 Å². The Morgan fingerprint density at radius 1 is 1.35 bits per heavy atom. The lowest BCUT2D eigenvalue weighted by molar-refractivity contribution is -0.466. The van der Waals surface area contributed by atoms with Crippen molar-refractivity contribution in [2.24, 2.45) is 7.05 Å². The molecule has 11 heteroatoms. The molecule has 0 aromatic carbocycles. The highest BCUT2D eigenvalue weighted by Crippen LogP contribution is 2.17. The minimum Gasteiger partial charge on any atom is -0.213 e. The third-order valence-corrected chi connectivity index (χ3v) is 4.42. The van der Waals surface area contributed by atoms with Crippen LogP contribution in [0.25, 0.3) is 16.8 Å². The van der Waals surface area contributed by atoms with E-state index in [0.29, 0.717) is 20.7 Å². The summed E-state index contributed by atoms with van der Waals surface area (Å²) in [6.45, 7) is 0. The molecule has 9 nitrogen and oxygen atoms in total. The van der Waals surface area contributed by atoms with E-state index in [9.17, 15) is 13.3 Å². The SMILES string of the molecule is CSc1nc2c[n+](=O)c3cn(S(C)(=O)=O)n(C)n3c2n1. The third kappa shape index (κ3) is 1.73. The van der Waals surface area contributed by atoms with Gasteiger partial charge in [-0.15, -0.1) is 8.88 Å². The predicted octanol–water partition coefficient (Wildman–Crippen LogP) is -0.533. The van der Waals surface area contributed by atoms with Gasteiger partial charge in [-0.1, -0.05) is 21.2 Å². The quantitative estimate of drug-likeness (QED) is 0.466. The summed E-state index contributed by atoms with van der Waals surface area (Å²) in [4.78, 5) is 21.8. The lowest BCUT2D eigenvalue weighted by atomic mass is 10.5. The van der Waals surface area contributed by atoms with Crippen LogP contribution in [0, 0.1) is 4.91 Å². The van der Waals surface area contributed by atoms with E-state index >= 15 is 0 Å². The molecule has 0 atom stereocenters. The number of hydrogen-bond acceptors (Lipinski definition) is 6. The summed E-state index contributed by atoms with van der Waals surface area (Å²) in [7, 11) is -2.00. The summed E-state index contributed by atoms with van der Waals surface area (Å²) in [6.07, 6.45) is 5.41. The molecule has 0 bridgehead atoms. The van der Waals surface area contributed by atoms with Crippen LogP contribution in [0.2, 0.25) is 0 Å². The summed E-state index contributed by atoms with van der Waals surface area (Å²) >= 11 is 1.35. The Bertz CT molecular complexity index is 996. The standard InChI is InChI=1S/C9H11N6O3S2/c1-12-14(20(3,17)18)5-7-13(16)4-6-8(15(7)12)11-9(10-6)19-2/h4-5H,1-3H3/q+1. The molecule has 106 valence electrons. The Labute approximate surface area is 117 Å². The number of nitrogens with zero attached hydrogens (tertiary/aromatic N) is 6. The third-order valence-electron chi connectivity index (χ3n) is 2.85. The highest BCUT2D eigenvalue weighted by atomic mass is 32.2. The second kappa shape index (κ2) is 4.06. The molecule has 0 N–H and O–H groups in total. The second-order valence-electron chi connectivity index (χ2n) is 4.20. The van der Waals surface area contributed by atoms with Gasteiger partial charge in [0.05, 0.1) is 13.3 Å². The molecule has 0 radical (unpaired) electrons. The molecule has 20 heavy (non-hydrogen) atoms. The van der Waals surface area contributed by atoms with Crippen LogP contribution >= 0.6 is 11.8 Å². The number of rotatable bonds is 2. The number of imidazole rings is 1. The van der Waals surface area contributed by atoms with Crippen molar-refractivity contribution >= 4 is 38.6 Å². The lowest BCUT2D eigenvalue weighted by Crippen LogP contribution is -2.21. The van der Waals surface area contributed by atoms with Crippen molar-refractivity contribution in [3.63, 3.8) is 0 Å². The topological polar surface area (TPSA) is 97.2 Å². The van der Waals surface area contributed by atoms with Gasteiger partial charge >= 0.3 is 5.65 Å². The normalized spacial score (nSPS) is 12.6. The Morgan fingerprint density at radius 3 is 2.65 bits per heavy atom. The predicted molar refractivity (Wildman–Crippen MR) is 72.8 cm³/mol. The van der Waals surface area contributed by atoms with Crippen LogP contribution in [0.15, 0.2) is 17.6 Å². The Kier molecular flexibility index (Phi) is 2.66. The van der Waals surface area contributed by atoms with E-state index in [4.69, 9.17) is 0 Å². The molecule has 3 aromatic rings. The monoisotopic (exact) mass is 315 g/mol. The summed E-state index contributed by atoms with van der Waals surface area (Å²) in [5, 5.41) is 0.520. The van der Waals surface area contributed by atoms with Gasteiger partial charge in [-0.3, -0.25) is 0 Å². The first-order valence-corrected chi connectivity index (χ1v) is 8.55. The molecule has 0 unspecified atom stereocenters. The fourth-order valence-electron chi connectivity index (χ4n) is 2.02. The fourth-order valence-corrected chi connectivity index (χ4v) is 3.17. The lowest BCUT2D eigenvalue weighted by Gasteiger charge is -2.01. The van der Waals surface area contributed by atoms with E-state index < -0.39 is 10.0 Å². The molecule has 3 aromatic heterocycles.